The van der Waals surface area contributed by atoms with Crippen LogP contribution < -0.4 is 15.4 Å². The molecule has 0 unspecified atom stereocenters. The predicted octanol–water partition coefficient (Wildman–Crippen LogP) is 3.29. The molecule has 0 fully saturated rings. The van der Waals surface area contributed by atoms with E-state index in [9.17, 15) is 9.59 Å². The Morgan fingerprint density at radius 3 is 2.58 bits per heavy atom. The van der Waals surface area contributed by atoms with Crippen LogP contribution in [0.2, 0.25) is 0 Å². The first-order chi connectivity index (χ1) is 12.5. The number of aryl methyl sites for hydroxylation is 1. The fourth-order valence-electron chi connectivity index (χ4n) is 2.33. The van der Waals surface area contributed by atoms with Gasteiger partial charge in [-0.2, -0.15) is 0 Å². The van der Waals surface area contributed by atoms with Gasteiger partial charge in [-0.25, -0.2) is 4.98 Å². The van der Waals surface area contributed by atoms with Crippen molar-refractivity contribution in [3.8, 4) is 5.75 Å². The van der Waals surface area contributed by atoms with Crippen molar-refractivity contribution in [2.45, 2.75) is 6.92 Å². The van der Waals surface area contributed by atoms with Crippen LogP contribution in [0.5, 0.6) is 5.75 Å². The Labute approximate surface area is 154 Å². The molecule has 0 saturated carbocycles. The monoisotopic (exact) mass is 367 g/mol. The Kier molecular flexibility index (Phi) is 5.28. The summed E-state index contributed by atoms with van der Waals surface area (Å²) in [6.45, 7) is 1.68. The fourth-order valence-corrected chi connectivity index (χ4v) is 3.17. The third-order valence-electron chi connectivity index (χ3n) is 3.54. The summed E-state index contributed by atoms with van der Waals surface area (Å²) in [5.41, 5.74) is 7.14. The number of para-hydroxylation sites is 1. The van der Waals surface area contributed by atoms with E-state index in [1.54, 1.807) is 18.2 Å². The molecule has 2 aromatic carbocycles. The third kappa shape index (κ3) is 4.07. The van der Waals surface area contributed by atoms with Gasteiger partial charge in [0.15, 0.2) is 11.7 Å². The molecular weight excluding hydrogens is 350 g/mol. The van der Waals surface area contributed by atoms with Crippen LogP contribution in [0.1, 0.15) is 16.1 Å². The van der Waals surface area contributed by atoms with Crippen LogP contribution in [0.3, 0.4) is 0 Å². The number of anilines is 2. The first-order valence-corrected chi connectivity index (χ1v) is 8.75. The van der Waals surface area contributed by atoms with Crippen molar-refractivity contribution >= 4 is 34.0 Å². The highest BCUT2D eigenvalue weighted by atomic mass is 32.1. The van der Waals surface area contributed by atoms with Gasteiger partial charge in [0.05, 0.1) is 11.4 Å². The minimum absolute atomic E-state index is 0.199. The minimum Gasteiger partial charge on any atom is -0.484 e. The van der Waals surface area contributed by atoms with E-state index in [2.05, 4.69) is 4.98 Å². The molecule has 0 aliphatic rings. The Morgan fingerprint density at radius 1 is 1.15 bits per heavy atom. The zero-order valence-electron chi connectivity index (χ0n) is 14.1. The number of hydrogen-bond acceptors (Lipinski definition) is 5. The van der Waals surface area contributed by atoms with Crippen LogP contribution in [-0.2, 0) is 4.79 Å². The van der Waals surface area contributed by atoms with Crippen LogP contribution in [-0.4, -0.2) is 23.4 Å². The Morgan fingerprint density at radius 2 is 1.92 bits per heavy atom. The number of carbonyl (C=O) groups is 2. The average Bonchev–Trinajstić information content (AvgIpc) is 3.07. The summed E-state index contributed by atoms with van der Waals surface area (Å²) in [7, 11) is 0. The third-order valence-corrected chi connectivity index (χ3v) is 4.49. The van der Waals surface area contributed by atoms with Crippen molar-refractivity contribution in [1.82, 2.24) is 4.98 Å². The van der Waals surface area contributed by atoms with Gasteiger partial charge in [0, 0.05) is 10.9 Å². The van der Waals surface area contributed by atoms with Crippen molar-refractivity contribution in [2.24, 2.45) is 5.73 Å². The quantitative estimate of drug-likeness (QED) is 0.724. The van der Waals surface area contributed by atoms with Crippen LogP contribution in [0.25, 0.3) is 0 Å². The van der Waals surface area contributed by atoms with Gasteiger partial charge in [-0.1, -0.05) is 24.3 Å². The topological polar surface area (TPSA) is 85.5 Å². The zero-order valence-corrected chi connectivity index (χ0v) is 14.9. The number of aromatic nitrogens is 1. The van der Waals surface area contributed by atoms with Gasteiger partial charge in [-0.3, -0.25) is 14.5 Å². The standard InChI is InChI=1S/C19H17N3O3S/c1-13-12-26-19(21-13)22(15-7-3-2-4-8-15)17(23)11-25-16-9-5-6-14(10-16)18(20)24/h2-10,12H,11H2,1H3,(H2,20,24). The highest BCUT2D eigenvalue weighted by Crippen LogP contribution is 2.28. The van der Waals surface area contributed by atoms with Gasteiger partial charge < -0.3 is 10.5 Å². The number of nitrogens with two attached hydrogens (primary N) is 1. The van der Waals surface area contributed by atoms with Crippen molar-refractivity contribution < 1.29 is 14.3 Å². The zero-order chi connectivity index (χ0) is 18.5. The summed E-state index contributed by atoms with van der Waals surface area (Å²) in [6.07, 6.45) is 0. The number of rotatable bonds is 6. The van der Waals surface area contributed by atoms with Gasteiger partial charge in [-0.15, -0.1) is 11.3 Å². The minimum atomic E-state index is -0.550. The van der Waals surface area contributed by atoms with Gasteiger partial charge in [0.1, 0.15) is 5.75 Å². The molecule has 0 saturated heterocycles. The number of nitrogens with zero attached hydrogens (tertiary/aromatic N) is 2. The molecule has 0 spiro atoms. The molecule has 0 atom stereocenters. The van der Waals surface area contributed by atoms with E-state index in [0.717, 1.165) is 5.69 Å². The molecule has 26 heavy (non-hydrogen) atoms. The molecule has 2 amide bonds. The van der Waals surface area contributed by atoms with Crippen molar-refractivity contribution in [1.29, 1.82) is 0 Å². The molecule has 0 aliphatic carbocycles. The van der Waals surface area contributed by atoms with E-state index in [1.807, 2.05) is 42.6 Å². The molecular formula is C19H17N3O3S. The number of primary amides is 1. The van der Waals surface area contributed by atoms with E-state index in [4.69, 9.17) is 10.5 Å². The second kappa shape index (κ2) is 7.79. The molecule has 0 aliphatic heterocycles. The number of amides is 2. The molecule has 0 radical (unpaired) electrons. The van der Waals surface area contributed by atoms with E-state index in [-0.39, 0.29) is 12.5 Å². The number of hydrogen-bond donors (Lipinski definition) is 1. The molecule has 3 aromatic rings. The second-order valence-corrected chi connectivity index (χ2v) is 6.35. The van der Waals surface area contributed by atoms with E-state index in [1.165, 1.54) is 22.3 Å². The van der Waals surface area contributed by atoms with Crippen LogP contribution >= 0.6 is 11.3 Å². The summed E-state index contributed by atoms with van der Waals surface area (Å²) in [5, 5.41) is 2.46. The summed E-state index contributed by atoms with van der Waals surface area (Å²) in [5.74, 6) is -0.418. The first kappa shape index (κ1) is 17.6. The number of thiazole rings is 1. The lowest BCUT2D eigenvalue weighted by molar-refractivity contribution is -0.119. The van der Waals surface area contributed by atoms with Crippen LogP contribution in [0.4, 0.5) is 10.8 Å². The lowest BCUT2D eigenvalue weighted by atomic mass is 10.2. The maximum absolute atomic E-state index is 12.8. The Hall–Kier alpha value is -3.19. The molecule has 6 nitrogen and oxygen atoms in total. The SMILES string of the molecule is Cc1csc(N(C(=O)COc2cccc(C(N)=O)c2)c2ccccc2)n1. The molecule has 0 bridgehead atoms. The normalized spacial score (nSPS) is 10.3. The summed E-state index contributed by atoms with van der Waals surface area (Å²) >= 11 is 1.39. The maximum Gasteiger partial charge on any atom is 0.271 e. The lowest BCUT2D eigenvalue weighted by Gasteiger charge is -2.20. The average molecular weight is 367 g/mol. The van der Waals surface area contributed by atoms with Crippen molar-refractivity contribution in [3.05, 3.63) is 71.2 Å². The van der Waals surface area contributed by atoms with Crippen LogP contribution in [0, 0.1) is 6.92 Å². The molecule has 7 heteroatoms. The van der Waals surface area contributed by atoms with Gasteiger partial charge in [-0.05, 0) is 37.3 Å². The van der Waals surface area contributed by atoms with Crippen LogP contribution in [0.15, 0.2) is 60.0 Å². The van der Waals surface area contributed by atoms with Gasteiger partial charge in [0.25, 0.3) is 5.91 Å². The van der Waals surface area contributed by atoms with E-state index < -0.39 is 5.91 Å². The van der Waals surface area contributed by atoms with E-state index >= 15 is 0 Å². The van der Waals surface area contributed by atoms with Gasteiger partial charge >= 0.3 is 0 Å². The Balaban J connectivity index is 1.80. The molecule has 1 aromatic heterocycles. The number of benzene rings is 2. The molecule has 132 valence electrons. The predicted molar refractivity (Wildman–Crippen MR) is 101 cm³/mol. The number of carbonyl (C=O) groups excluding carboxylic acids is 2. The highest BCUT2D eigenvalue weighted by molar-refractivity contribution is 7.14. The molecule has 3 rings (SSSR count). The highest BCUT2D eigenvalue weighted by Gasteiger charge is 2.21. The number of ether oxygens (including phenoxy) is 1. The first-order valence-electron chi connectivity index (χ1n) is 7.87. The second-order valence-electron chi connectivity index (χ2n) is 5.52. The van der Waals surface area contributed by atoms with Crippen molar-refractivity contribution in [3.63, 3.8) is 0 Å². The summed E-state index contributed by atoms with van der Waals surface area (Å²) in [4.78, 5) is 30.0. The van der Waals surface area contributed by atoms with Crippen molar-refractivity contribution in [2.75, 3.05) is 11.5 Å². The fraction of sp³-hybridized carbons (Fsp3) is 0.105. The Bertz CT molecular complexity index is 925. The maximum atomic E-state index is 12.8. The van der Waals surface area contributed by atoms with E-state index in [0.29, 0.717) is 22.1 Å². The molecule has 1 heterocycles. The summed E-state index contributed by atoms with van der Waals surface area (Å²) in [6, 6.07) is 15.7. The van der Waals surface area contributed by atoms with Gasteiger partial charge in [0.2, 0.25) is 5.91 Å². The largest absolute Gasteiger partial charge is 0.484 e. The smallest absolute Gasteiger partial charge is 0.271 e. The lowest BCUT2D eigenvalue weighted by Crippen LogP contribution is -2.30. The summed E-state index contributed by atoms with van der Waals surface area (Å²) < 4.78 is 5.57. The molecule has 2 N–H and O–H groups in total.